The Labute approximate surface area is 137 Å². The molecule has 0 unspecified atom stereocenters. The van der Waals surface area contributed by atoms with Gasteiger partial charge in [-0.25, -0.2) is 0 Å². The van der Waals surface area contributed by atoms with Gasteiger partial charge in [0.25, 0.3) is 0 Å². The lowest BCUT2D eigenvalue weighted by Gasteiger charge is -2.42. The van der Waals surface area contributed by atoms with Gasteiger partial charge in [-0.05, 0) is 59.6 Å². The summed E-state index contributed by atoms with van der Waals surface area (Å²) in [6.07, 6.45) is -1.09. The highest BCUT2D eigenvalue weighted by Crippen LogP contribution is 2.41. The average molecular weight is 316 g/mol. The molecule has 1 aromatic rings. The molecule has 0 amide bonds. The van der Waals surface area contributed by atoms with E-state index in [1.165, 1.54) is 0 Å². The summed E-state index contributed by atoms with van der Waals surface area (Å²) in [7, 11) is 0. The Morgan fingerprint density at radius 1 is 1.00 bits per heavy atom. The number of cyclic esters (lactones) is 1. The van der Waals surface area contributed by atoms with Crippen LogP contribution in [0.5, 0.6) is 0 Å². The summed E-state index contributed by atoms with van der Waals surface area (Å²) in [5.41, 5.74) is 0.978. The molecule has 0 bridgehead atoms. The highest BCUT2D eigenvalue weighted by atomic mass is 16.6. The van der Waals surface area contributed by atoms with E-state index < -0.39 is 22.9 Å². The van der Waals surface area contributed by atoms with E-state index in [0.717, 1.165) is 16.7 Å². The van der Waals surface area contributed by atoms with Gasteiger partial charge in [-0.3, -0.25) is 14.4 Å². The first-order valence-electron chi connectivity index (χ1n) is 7.78. The minimum Gasteiger partial charge on any atom is -0.452 e. The molecule has 4 heteroatoms. The van der Waals surface area contributed by atoms with Gasteiger partial charge in [0.2, 0.25) is 5.78 Å². The van der Waals surface area contributed by atoms with E-state index in [2.05, 4.69) is 0 Å². The largest absolute Gasteiger partial charge is 0.452 e. The lowest BCUT2D eigenvalue weighted by atomic mass is 9.66. The van der Waals surface area contributed by atoms with Gasteiger partial charge in [0.05, 0.1) is 5.41 Å². The maximum atomic E-state index is 13.0. The van der Waals surface area contributed by atoms with E-state index in [1.807, 2.05) is 32.9 Å². The highest BCUT2D eigenvalue weighted by molar-refractivity contribution is 6.14. The number of aryl methyl sites for hydroxylation is 3. The average Bonchev–Trinajstić information content (AvgIpc) is 2.40. The topological polar surface area (TPSA) is 60.4 Å². The number of hydrogen-bond donors (Lipinski definition) is 0. The predicted octanol–water partition coefficient (Wildman–Crippen LogP) is 3.34. The van der Waals surface area contributed by atoms with Crippen LogP contribution in [0.2, 0.25) is 0 Å². The van der Waals surface area contributed by atoms with Crippen molar-refractivity contribution in [3.05, 3.63) is 34.4 Å². The van der Waals surface area contributed by atoms with E-state index >= 15 is 0 Å². The molecule has 0 aliphatic carbocycles. The van der Waals surface area contributed by atoms with Gasteiger partial charge in [-0.1, -0.05) is 17.7 Å². The number of ether oxygens (including phenoxy) is 1. The number of Topliss-reactive ketones (excluding diaryl/α,β-unsaturated/α-hetero) is 2. The Balaban J connectivity index is 2.52. The maximum absolute atomic E-state index is 13.0. The Kier molecular flexibility index (Phi) is 4.00. The Morgan fingerprint density at radius 2 is 1.48 bits per heavy atom. The van der Waals surface area contributed by atoms with Crippen molar-refractivity contribution in [1.29, 1.82) is 0 Å². The standard InChI is InChI=1S/C19H24O4/c1-10-8-11(2)13(12(3)9-10)14(20)15-18(4,5)16(21)19(6,7)17(22)23-15/h8-9,15H,1-7H3/t15-/m1/s1. The molecule has 1 atom stereocenters. The molecule has 1 saturated heterocycles. The lowest BCUT2D eigenvalue weighted by molar-refractivity contribution is -0.181. The second-order valence-electron chi connectivity index (χ2n) is 7.60. The van der Waals surface area contributed by atoms with Crippen LogP contribution in [0.1, 0.15) is 54.7 Å². The predicted molar refractivity (Wildman–Crippen MR) is 87.4 cm³/mol. The summed E-state index contributed by atoms with van der Waals surface area (Å²) >= 11 is 0. The molecule has 2 rings (SSSR count). The second-order valence-corrected chi connectivity index (χ2v) is 7.60. The van der Waals surface area contributed by atoms with Crippen molar-refractivity contribution in [1.82, 2.24) is 0 Å². The van der Waals surface area contributed by atoms with E-state index in [0.29, 0.717) is 5.56 Å². The van der Waals surface area contributed by atoms with Crippen LogP contribution < -0.4 is 0 Å². The number of ketones is 2. The van der Waals surface area contributed by atoms with Gasteiger partial charge in [0.15, 0.2) is 11.9 Å². The fraction of sp³-hybridized carbons (Fsp3) is 0.526. The SMILES string of the molecule is Cc1cc(C)c(C(=O)[C@H]2OC(=O)C(C)(C)C(=O)C2(C)C)c(C)c1. The van der Waals surface area contributed by atoms with Gasteiger partial charge in [0, 0.05) is 5.56 Å². The first-order valence-corrected chi connectivity index (χ1v) is 7.78. The van der Waals surface area contributed by atoms with Gasteiger partial charge in [0.1, 0.15) is 5.41 Å². The summed E-state index contributed by atoms with van der Waals surface area (Å²) in [5.74, 6) is -1.20. The first-order chi connectivity index (χ1) is 10.4. The van der Waals surface area contributed by atoms with Crippen LogP contribution >= 0.6 is 0 Å². The van der Waals surface area contributed by atoms with Crippen molar-refractivity contribution in [3.63, 3.8) is 0 Å². The van der Waals surface area contributed by atoms with E-state index in [1.54, 1.807) is 27.7 Å². The van der Waals surface area contributed by atoms with Crippen LogP contribution in [0, 0.1) is 31.6 Å². The minimum atomic E-state index is -1.22. The summed E-state index contributed by atoms with van der Waals surface area (Å²) in [6, 6.07) is 3.84. The third kappa shape index (κ3) is 2.60. The van der Waals surface area contributed by atoms with Crippen molar-refractivity contribution in [2.75, 3.05) is 0 Å². The van der Waals surface area contributed by atoms with Gasteiger partial charge in [-0.2, -0.15) is 0 Å². The molecule has 0 radical (unpaired) electrons. The molecule has 1 aliphatic rings. The zero-order valence-electron chi connectivity index (χ0n) is 14.9. The molecule has 1 fully saturated rings. The smallest absolute Gasteiger partial charge is 0.319 e. The summed E-state index contributed by atoms with van der Waals surface area (Å²) < 4.78 is 5.43. The Morgan fingerprint density at radius 3 is 1.96 bits per heavy atom. The van der Waals surface area contributed by atoms with Crippen molar-refractivity contribution >= 4 is 17.5 Å². The number of carbonyl (C=O) groups is 3. The number of carbonyl (C=O) groups excluding carboxylic acids is 3. The Bertz CT molecular complexity index is 687. The van der Waals surface area contributed by atoms with Gasteiger partial charge in [-0.15, -0.1) is 0 Å². The fourth-order valence-corrected chi connectivity index (χ4v) is 3.50. The van der Waals surface area contributed by atoms with Crippen LogP contribution in [0.3, 0.4) is 0 Å². The van der Waals surface area contributed by atoms with Crippen LogP contribution in [0.25, 0.3) is 0 Å². The van der Waals surface area contributed by atoms with Crippen LogP contribution in [-0.2, 0) is 14.3 Å². The third-order valence-electron chi connectivity index (χ3n) is 4.71. The highest BCUT2D eigenvalue weighted by Gasteiger charge is 2.57. The molecule has 1 aromatic carbocycles. The molecular formula is C19H24O4. The van der Waals surface area contributed by atoms with Crippen molar-refractivity contribution in [2.24, 2.45) is 10.8 Å². The van der Waals surface area contributed by atoms with Crippen molar-refractivity contribution in [2.45, 2.75) is 54.6 Å². The van der Waals surface area contributed by atoms with Crippen molar-refractivity contribution < 1.29 is 19.1 Å². The lowest BCUT2D eigenvalue weighted by Crippen LogP contribution is -2.58. The number of rotatable bonds is 2. The number of esters is 1. The fourth-order valence-electron chi connectivity index (χ4n) is 3.50. The normalized spacial score (nSPS) is 22.7. The molecule has 0 spiro atoms. The second kappa shape index (κ2) is 5.29. The molecule has 0 aromatic heterocycles. The molecule has 4 nitrogen and oxygen atoms in total. The molecule has 1 aliphatic heterocycles. The molecule has 0 saturated carbocycles. The van der Waals surface area contributed by atoms with E-state index in [4.69, 9.17) is 4.74 Å². The molecule has 23 heavy (non-hydrogen) atoms. The van der Waals surface area contributed by atoms with Crippen LogP contribution in [-0.4, -0.2) is 23.6 Å². The summed E-state index contributed by atoms with van der Waals surface area (Å²) in [4.78, 5) is 37.9. The minimum absolute atomic E-state index is 0.262. The maximum Gasteiger partial charge on any atom is 0.319 e. The molecule has 1 heterocycles. The summed E-state index contributed by atoms with van der Waals surface area (Å²) in [6.45, 7) is 12.1. The van der Waals surface area contributed by atoms with Gasteiger partial charge < -0.3 is 4.74 Å². The monoisotopic (exact) mass is 316 g/mol. The van der Waals surface area contributed by atoms with Crippen LogP contribution in [0.4, 0.5) is 0 Å². The van der Waals surface area contributed by atoms with Gasteiger partial charge >= 0.3 is 5.97 Å². The molecule has 0 N–H and O–H groups in total. The first kappa shape index (κ1) is 17.4. The number of hydrogen-bond acceptors (Lipinski definition) is 4. The van der Waals surface area contributed by atoms with Crippen LogP contribution in [0.15, 0.2) is 12.1 Å². The zero-order chi connectivity index (χ0) is 17.7. The van der Waals surface area contributed by atoms with Crippen molar-refractivity contribution in [3.8, 4) is 0 Å². The Hall–Kier alpha value is -1.97. The number of benzene rings is 1. The molecular weight excluding hydrogens is 292 g/mol. The van der Waals surface area contributed by atoms with E-state index in [-0.39, 0.29) is 11.6 Å². The molecule has 124 valence electrons. The van der Waals surface area contributed by atoms with E-state index in [9.17, 15) is 14.4 Å². The zero-order valence-corrected chi connectivity index (χ0v) is 14.9. The third-order valence-corrected chi connectivity index (χ3v) is 4.71. The summed E-state index contributed by atoms with van der Waals surface area (Å²) in [5, 5.41) is 0. The quantitative estimate of drug-likeness (QED) is 0.477.